The number of ketones is 1. The lowest BCUT2D eigenvalue weighted by Crippen LogP contribution is -2.54. The van der Waals surface area contributed by atoms with E-state index in [0.717, 1.165) is 0 Å². The third kappa shape index (κ3) is 10.9. The topological polar surface area (TPSA) is 161 Å². The molecular weight excluding hydrogens is 486 g/mol. The number of nitrogens with one attached hydrogen (secondary N) is 1. The minimum Gasteiger partial charge on any atom is -0.507 e. The first kappa shape index (κ1) is 32.7. The summed E-state index contributed by atoms with van der Waals surface area (Å²) < 4.78 is 21.8. The Morgan fingerprint density at radius 2 is 1.73 bits per heavy atom. The summed E-state index contributed by atoms with van der Waals surface area (Å²) in [5.74, 6) is -1.54. The van der Waals surface area contributed by atoms with E-state index in [1.54, 1.807) is 20.8 Å². The molecule has 37 heavy (non-hydrogen) atoms. The van der Waals surface area contributed by atoms with Crippen molar-refractivity contribution in [2.24, 2.45) is 0 Å². The second kappa shape index (κ2) is 16.5. The van der Waals surface area contributed by atoms with Crippen LogP contribution >= 0.6 is 0 Å². The predicted molar refractivity (Wildman–Crippen MR) is 134 cm³/mol. The molecule has 1 aliphatic rings. The number of Topliss-reactive ketones (excluding diaryl/α,β-unsaturated/α-hetero) is 1. The predicted octanol–water partition coefficient (Wildman–Crippen LogP) is 2.20. The molecule has 0 aromatic heterocycles. The number of aliphatic hydroxyl groups is 3. The molecule has 5 atom stereocenters. The summed E-state index contributed by atoms with van der Waals surface area (Å²) in [5.41, 5.74) is 0.439. The van der Waals surface area contributed by atoms with Gasteiger partial charge in [-0.3, -0.25) is 14.4 Å². The minimum atomic E-state index is -0.981. The Kier molecular flexibility index (Phi) is 14.6. The summed E-state index contributed by atoms with van der Waals surface area (Å²) in [6, 6.07) is -0.408. The van der Waals surface area contributed by atoms with E-state index >= 15 is 0 Å². The summed E-state index contributed by atoms with van der Waals surface area (Å²) in [6.07, 6.45) is -2.26. The standard InChI is InChI=1S/C26H43NO10/c1-7-19(21(31)8-2)25(32)15(3)22(11-13-28)37-24-14-20(26(33)16(4)34-24)27-12-9-10-23(35-17(5)29)36-18(6)30/h16,20,22-24,26-28,32-33H,3,7-14H2,1-2,4-6H3/b25-19-. The quantitative estimate of drug-likeness (QED) is 0.0579. The van der Waals surface area contributed by atoms with Crippen LogP contribution in [0.5, 0.6) is 0 Å². The molecule has 0 amide bonds. The van der Waals surface area contributed by atoms with Gasteiger partial charge in [-0.2, -0.15) is 0 Å². The fourth-order valence-corrected chi connectivity index (χ4v) is 4.09. The van der Waals surface area contributed by atoms with Gasteiger partial charge in [-0.05, 0) is 26.3 Å². The molecule has 0 aromatic rings. The van der Waals surface area contributed by atoms with Gasteiger partial charge in [0.05, 0.1) is 18.3 Å². The number of esters is 2. The Labute approximate surface area is 218 Å². The molecule has 11 heteroatoms. The van der Waals surface area contributed by atoms with Crippen LogP contribution in [0.1, 0.15) is 73.1 Å². The molecule has 1 saturated heterocycles. The molecule has 0 radical (unpaired) electrons. The highest BCUT2D eigenvalue weighted by atomic mass is 16.7. The number of allylic oxidation sites excluding steroid dienone is 1. The van der Waals surface area contributed by atoms with E-state index in [9.17, 15) is 29.7 Å². The lowest BCUT2D eigenvalue weighted by atomic mass is 9.97. The molecule has 0 bridgehead atoms. The van der Waals surface area contributed by atoms with Crippen LogP contribution in [-0.4, -0.2) is 83.1 Å². The summed E-state index contributed by atoms with van der Waals surface area (Å²) in [5, 5.41) is 34.1. The average Bonchev–Trinajstić information content (AvgIpc) is 2.83. The monoisotopic (exact) mass is 529 g/mol. The Balaban J connectivity index is 2.82. The van der Waals surface area contributed by atoms with Crippen molar-refractivity contribution in [3.63, 3.8) is 0 Å². The van der Waals surface area contributed by atoms with Gasteiger partial charge >= 0.3 is 11.9 Å². The van der Waals surface area contributed by atoms with Crippen LogP contribution < -0.4 is 5.32 Å². The smallest absolute Gasteiger partial charge is 0.305 e. The lowest BCUT2D eigenvalue weighted by Gasteiger charge is -2.39. The van der Waals surface area contributed by atoms with Crippen LogP contribution in [0.25, 0.3) is 0 Å². The number of carbonyl (C=O) groups excluding carboxylic acids is 3. The summed E-state index contributed by atoms with van der Waals surface area (Å²) in [6.45, 7) is 11.7. The highest BCUT2D eigenvalue weighted by Gasteiger charge is 2.37. The van der Waals surface area contributed by atoms with Gasteiger partial charge in [0.1, 0.15) is 5.76 Å². The third-order valence-corrected chi connectivity index (χ3v) is 6.02. The van der Waals surface area contributed by atoms with Gasteiger partial charge in [-0.1, -0.05) is 20.4 Å². The van der Waals surface area contributed by atoms with Gasteiger partial charge in [0.25, 0.3) is 0 Å². The maximum Gasteiger partial charge on any atom is 0.305 e. The van der Waals surface area contributed by atoms with Crippen molar-refractivity contribution in [3.8, 4) is 0 Å². The molecular formula is C26H43NO10. The number of rotatable bonds is 16. The van der Waals surface area contributed by atoms with Crippen LogP contribution in [0, 0.1) is 0 Å². The summed E-state index contributed by atoms with van der Waals surface area (Å²) in [4.78, 5) is 34.6. The maximum absolute atomic E-state index is 12.2. The first-order valence-electron chi connectivity index (χ1n) is 12.8. The Hall–Kier alpha value is -2.31. The van der Waals surface area contributed by atoms with Crippen molar-refractivity contribution >= 4 is 17.7 Å². The van der Waals surface area contributed by atoms with Crippen molar-refractivity contribution in [2.75, 3.05) is 13.2 Å². The van der Waals surface area contributed by atoms with E-state index in [4.69, 9.17) is 18.9 Å². The van der Waals surface area contributed by atoms with Gasteiger partial charge in [-0.15, -0.1) is 0 Å². The zero-order valence-electron chi connectivity index (χ0n) is 22.5. The zero-order valence-corrected chi connectivity index (χ0v) is 22.5. The van der Waals surface area contributed by atoms with Gasteiger partial charge in [0.15, 0.2) is 12.1 Å². The first-order valence-corrected chi connectivity index (χ1v) is 12.8. The van der Waals surface area contributed by atoms with Crippen LogP contribution in [-0.2, 0) is 33.3 Å². The van der Waals surface area contributed by atoms with Crippen molar-refractivity contribution in [1.29, 1.82) is 0 Å². The fourth-order valence-electron chi connectivity index (χ4n) is 4.09. The molecule has 4 N–H and O–H groups in total. The number of hydrogen-bond acceptors (Lipinski definition) is 11. The second-order valence-corrected chi connectivity index (χ2v) is 8.97. The highest BCUT2D eigenvalue weighted by Crippen LogP contribution is 2.27. The van der Waals surface area contributed by atoms with Crippen molar-refractivity contribution in [2.45, 2.75) is 110 Å². The molecule has 11 nitrogen and oxygen atoms in total. The van der Waals surface area contributed by atoms with E-state index in [1.165, 1.54) is 13.8 Å². The third-order valence-electron chi connectivity index (χ3n) is 6.02. The highest BCUT2D eigenvalue weighted by molar-refractivity contribution is 5.96. The SMILES string of the molecule is C=C(/C(O)=C(\CC)C(=O)CC)C(CCO)OC1CC(NCCCC(OC(C)=O)OC(C)=O)C(O)C(C)O1. The van der Waals surface area contributed by atoms with E-state index in [1.807, 2.05) is 0 Å². The van der Waals surface area contributed by atoms with Gasteiger partial charge in [0.2, 0.25) is 6.29 Å². The Morgan fingerprint density at radius 3 is 2.24 bits per heavy atom. The van der Waals surface area contributed by atoms with E-state index in [-0.39, 0.29) is 55.0 Å². The Morgan fingerprint density at radius 1 is 1.11 bits per heavy atom. The van der Waals surface area contributed by atoms with Crippen molar-refractivity contribution in [1.82, 2.24) is 5.32 Å². The minimum absolute atomic E-state index is 0.128. The fraction of sp³-hybridized carbons (Fsp3) is 0.731. The van der Waals surface area contributed by atoms with Crippen LogP contribution in [0.3, 0.4) is 0 Å². The van der Waals surface area contributed by atoms with E-state index in [0.29, 0.717) is 19.4 Å². The Bertz CT molecular complexity index is 795. The van der Waals surface area contributed by atoms with Gasteiger partial charge < -0.3 is 39.6 Å². The molecule has 1 rings (SSSR count). The number of carbonyl (C=O) groups is 3. The normalized spacial score (nSPS) is 23.2. The first-order chi connectivity index (χ1) is 17.4. The summed E-state index contributed by atoms with van der Waals surface area (Å²) >= 11 is 0. The van der Waals surface area contributed by atoms with Crippen molar-refractivity contribution < 1.29 is 48.7 Å². The average molecular weight is 530 g/mol. The van der Waals surface area contributed by atoms with Gasteiger partial charge in [0, 0.05) is 63.3 Å². The van der Waals surface area contributed by atoms with Crippen LogP contribution in [0.2, 0.25) is 0 Å². The molecule has 1 fully saturated rings. The molecule has 1 heterocycles. The molecule has 5 unspecified atom stereocenters. The second-order valence-electron chi connectivity index (χ2n) is 8.97. The molecule has 0 aliphatic carbocycles. The molecule has 212 valence electrons. The molecule has 1 aliphatic heterocycles. The number of ether oxygens (including phenoxy) is 4. The zero-order chi connectivity index (χ0) is 28.1. The molecule has 0 spiro atoms. The maximum atomic E-state index is 12.2. The van der Waals surface area contributed by atoms with Crippen molar-refractivity contribution in [3.05, 3.63) is 23.5 Å². The molecule has 0 saturated carbocycles. The molecule has 0 aromatic carbocycles. The van der Waals surface area contributed by atoms with Crippen LogP contribution in [0.4, 0.5) is 0 Å². The number of hydrogen-bond donors (Lipinski definition) is 4. The van der Waals surface area contributed by atoms with Crippen LogP contribution in [0.15, 0.2) is 23.5 Å². The number of aliphatic hydroxyl groups excluding tert-OH is 3. The van der Waals surface area contributed by atoms with E-state index in [2.05, 4.69) is 11.9 Å². The summed E-state index contributed by atoms with van der Waals surface area (Å²) in [7, 11) is 0. The lowest BCUT2D eigenvalue weighted by molar-refractivity contribution is -0.238. The van der Waals surface area contributed by atoms with Gasteiger partial charge in [-0.25, -0.2) is 0 Å². The van der Waals surface area contributed by atoms with E-state index < -0.39 is 48.9 Å². The largest absolute Gasteiger partial charge is 0.507 e.